The predicted octanol–water partition coefficient (Wildman–Crippen LogP) is 3.49. The molecule has 0 amide bonds. The summed E-state index contributed by atoms with van der Waals surface area (Å²) in [4.78, 5) is 12.6. The van der Waals surface area contributed by atoms with Gasteiger partial charge in [0.05, 0.1) is 23.4 Å². The van der Waals surface area contributed by atoms with Gasteiger partial charge in [0.1, 0.15) is 12.1 Å². The van der Waals surface area contributed by atoms with Crippen molar-refractivity contribution in [1.82, 2.24) is 14.9 Å². The van der Waals surface area contributed by atoms with Crippen LogP contribution in [0.25, 0.3) is 20.7 Å². The fourth-order valence-electron chi connectivity index (χ4n) is 3.06. The number of fused-ring (bicyclic) bond motifs is 1. The molecule has 0 aliphatic carbocycles. The second-order valence-electron chi connectivity index (χ2n) is 6.15. The third kappa shape index (κ3) is 3.98. The Morgan fingerprint density at radius 1 is 1.12 bits per heavy atom. The molecular formula is C19H22N4OS. The van der Waals surface area contributed by atoms with Gasteiger partial charge in [0.15, 0.2) is 0 Å². The number of anilines is 1. The van der Waals surface area contributed by atoms with Crippen LogP contribution in [0, 0.1) is 0 Å². The lowest BCUT2D eigenvalue weighted by Crippen LogP contribution is -2.37. The fourth-order valence-corrected chi connectivity index (χ4v) is 4.14. The first-order valence-corrected chi connectivity index (χ1v) is 9.56. The predicted molar refractivity (Wildman–Crippen MR) is 103 cm³/mol. The molecule has 1 aliphatic heterocycles. The van der Waals surface area contributed by atoms with Gasteiger partial charge in [-0.2, -0.15) is 0 Å². The zero-order chi connectivity index (χ0) is 16.9. The highest BCUT2D eigenvalue weighted by atomic mass is 32.1. The summed E-state index contributed by atoms with van der Waals surface area (Å²) in [6.07, 6.45) is 2.75. The summed E-state index contributed by atoms with van der Waals surface area (Å²) in [7, 11) is 0. The Labute approximate surface area is 151 Å². The van der Waals surface area contributed by atoms with Crippen molar-refractivity contribution in [1.29, 1.82) is 0 Å². The lowest BCUT2D eigenvalue weighted by atomic mass is 10.2. The van der Waals surface area contributed by atoms with Crippen molar-refractivity contribution in [2.75, 3.05) is 44.7 Å². The molecule has 5 nitrogen and oxygen atoms in total. The lowest BCUT2D eigenvalue weighted by Gasteiger charge is -2.26. The van der Waals surface area contributed by atoms with Crippen molar-refractivity contribution < 1.29 is 4.74 Å². The van der Waals surface area contributed by atoms with Crippen LogP contribution in [0.4, 0.5) is 5.82 Å². The van der Waals surface area contributed by atoms with Gasteiger partial charge in [-0.05, 0) is 24.6 Å². The number of aromatic nitrogens is 2. The fraction of sp³-hybridized carbons (Fsp3) is 0.368. The molecule has 2 aromatic heterocycles. The number of morpholine rings is 1. The third-order valence-corrected chi connectivity index (χ3v) is 5.60. The van der Waals surface area contributed by atoms with E-state index in [0.717, 1.165) is 61.8 Å². The largest absolute Gasteiger partial charge is 0.379 e. The highest BCUT2D eigenvalue weighted by molar-refractivity contribution is 7.22. The zero-order valence-corrected chi connectivity index (χ0v) is 15.0. The molecule has 1 aromatic carbocycles. The van der Waals surface area contributed by atoms with Crippen molar-refractivity contribution in [2.45, 2.75) is 6.42 Å². The number of ether oxygens (including phenoxy) is 1. The Hall–Kier alpha value is -2.02. The summed E-state index contributed by atoms with van der Waals surface area (Å²) in [5.74, 6) is 0.944. The number of benzene rings is 1. The van der Waals surface area contributed by atoms with E-state index >= 15 is 0 Å². The molecule has 1 saturated heterocycles. The molecule has 0 bridgehead atoms. The summed E-state index contributed by atoms with van der Waals surface area (Å²) < 4.78 is 6.52. The van der Waals surface area contributed by atoms with Crippen LogP contribution in [-0.2, 0) is 4.74 Å². The molecule has 6 heteroatoms. The van der Waals surface area contributed by atoms with E-state index in [4.69, 9.17) is 4.74 Å². The van der Waals surface area contributed by atoms with E-state index in [1.165, 1.54) is 10.4 Å². The van der Waals surface area contributed by atoms with Crippen LogP contribution < -0.4 is 5.32 Å². The molecule has 0 atom stereocenters. The SMILES string of the molecule is c1ccc(-c2cc3ncnc(NCCCN4CCOCC4)c3s2)cc1. The number of hydrogen-bond acceptors (Lipinski definition) is 6. The van der Waals surface area contributed by atoms with Crippen LogP contribution in [0.15, 0.2) is 42.7 Å². The molecule has 130 valence electrons. The average Bonchev–Trinajstić information content (AvgIpc) is 3.12. The van der Waals surface area contributed by atoms with Gasteiger partial charge in [-0.25, -0.2) is 9.97 Å². The summed E-state index contributed by atoms with van der Waals surface area (Å²) >= 11 is 1.75. The monoisotopic (exact) mass is 354 g/mol. The van der Waals surface area contributed by atoms with E-state index in [1.54, 1.807) is 17.7 Å². The molecule has 0 spiro atoms. The Balaban J connectivity index is 1.42. The first kappa shape index (κ1) is 16.4. The molecular weight excluding hydrogens is 332 g/mol. The molecule has 0 unspecified atom stereocenters. The maximum absolute atomic E-state index is 5.39. The standard InChI is InChI=1S/C19H22N4OS/c1-2-5-15(6-3-1)17-13-16-18(25-17)19(22-14-21-16)20-7-4-8-23-9-11-24-12-10-23/h1-3,5-6,13-14H,4,7-12H2,(H,20,21,22). The molecule has 1 aliphatic rings. The van der Waals surface area contributed by atoms with Crippen molar-refractivity contribution in [3.8, 4) is 10.4 Å². The number of hydrogen-bond donors (Lipinski definition) is 1. The van der Waals surface area contributed by atoms with E-state index < -0.39 is 0 Å². The quantitative estimate of drug-likeness (QED) is 0.687. The van der Waals surface area contributed by atoms with Crippen LogP contribution in [0.1, 0.15) is 6.42 Å². The topological polar surface area (TPSA) is 50.3 Å². The smallest absolute Gasteiger partial charge is 0.147 e. The van der Waals surface area contributed by atoms with Gasteiger partial charge in [-0.1, -0.05) is 30.3 Å². The molecule has 1 fully saturated rings. The van der Waals surface area contributed by atoms with E-state index in [1.807, 2.05) is 6.07 Å². The summed E-state index contributed by atoms with van der Waals surface area (Å²) in [6.45, 7) is 5.83. The first-order chi connectivity index (χ1) is 12.4. The van der Waals surface area contributed by atoms with Crippen molar-refractivity contribution in [3.05, 3.63) is 42.7 Å². The van der Waals surface area contributed by atoms with Crippen molar-refractivity contribution in [2.24, 2.45) is 0 Å². The molecule has 4 rings (SSSR count). The molecule has 0 radical (unpaired) electrons. The molecule has 25 heavy (non-hydrogen) atoms. The maximum atomic E-state index is 5.39. The lowest BCUT2D eigenvalue weighted by molar-refractivity contribution is 0.0378. The van der Waals surface area contributed by atoms with Crippen LogP contribution in [-0.4, -0.2) is 54.3 Å². The van der Waals surface area contributed by atoms with Crippen molar-refractivity contribution in [3.63, 3.8) is 0 Å². The summed E-state index contributed by atoms with van der Waals surface area (Å²) in [5.41, 5.74) is 2.23. The first-order valence-electron chi connectivity index (χ1n) is 8.74. The zero-order valence-electron chi connectivity index (χ0n) is 14.1. The van der Waals surface area contributed by atoms with Gasteiger partial charge in [0.2, 0.25) is 0 Å². The highest BCUT2D eigenvalue weighted by Crippen LogP contribution is 2.35. The average molecular weight is 354 g/mol. The van der Waals surface area contributed by atoms with Crippen molar-refractivity contribution >= 4 is 27.4 Å². The van der Waals surface area contributed by atoms with Gasteiger partial charge in [-0.15, -0.1) is 11.3 Å². The minimum absolute atomic E-state index is 0.859. The van der Waals surface area contributed by atoms with Gasteiger partial charge >= 0.3 is 0 Å². The Kier molecular flexibility index (Phi) is 5.20. The van der Waals surface area contributed by atoms with Gasteiger partial charge < -0.3 is 10.1 Å². The molecule has 3 heterocycles. The number of nitrogens with zero attached hydrogens (tertiary/aromatic N) is 3. The summed E-state index contributed by atoms with van der Waals surface area (Å²) in [6, 6.07) is 12.6. The molecule has 3 aromatic rings. The second kappa shape index (κ2) is 7.91. The summed E-state index contributed by atoms with van der Waals surface area (Å²) in [5, 5.41) is 3.49. The second-order valence-corrected chi connectivity index (χ2v) is 7.20. The Morgan fingerprint density at radius 3 is 2.80 bits per heavy atom. The number of thiophene rings is 1. The maximum Gasteiger partial charge on any atom is 0.147 e. The Morgan fingerprint density at radius 2 is 1.96 bits per heavy atom. The van der Waals surface area contributed by atoms with Crippen LogP contribution >= 0.6 is 11.3 Å². The normalized spacial score (nSPS) is 15.5. The van der Waals surface area contributed by atoms with Crippen LogP contribution in [0.5, 0.6) is 0 Å². The highest BCUT2D eigenvalue weighted by Gasteiger charge is 2.11. The third-order valence-electron chi connectivity index (χ3n) is 4.42. The van der Waals surface area contributed by atoms with Gasteiger partial charge in [0.25, 0.3) is 0 Å². The van der Waals surface area contributed by atoms with Crippen LogP contribution in [0.3, 0.4) is 0 Å². The van der Waals surface area contributed by atoms with Gasteiger partial charge in [-0.3, -0.25) is 4.90 Å². The minimum Gasteiger partial charge on any atom is -0.379 e. The molecule has 1 N–H and O–H groups in total. The van der Waals surface area contributed by atoms with Gasteiger partial charge in [0, 0.05) is 24.5 Å². The van der Waals surface area contributed by atoms with E-state index in [0.29, 0.717) is 0 Å². The Bertz CT molecular complexity index is 815. The van der Waals surface area contributed by atoms with E-state index in [9.17, 15) is 0 Å². The van der Waals surface area contributed by atoms with E-state index in [2.05, 4.69) is 50.5 Å². The van der Waals surface area contributed by atoms with Crippen LogP contribution in [0.2, 0.25) is 0 Å². The molecule has 0 saturated carbocycles. The number of rotatable bonds is 6. The minimum atomic E-state index is 0.859. The number of nitrogens with one attached hydrogen (secondary N) is 1. The van der Waals surface area contributed by atoms with E-state index in [-0.39, 0.29) is 0 Å².